The van der Waals surface area contributed by atoms with Crippen molar-refractivity contribution in [3.05, 3.63) is 65.6 Å². The monoisotopic (exact) mass is 449 g/mol. The van der Waals surface area contributed by atoms with E-state index in [-0.39, 0.29) is 29.3 Å². The third-order valence-electron chi connectivity index (χ3n) is 8.06. The van der Waals surface area contributed by atoms with Crippen LogP contribution in [0.25, 0.3) is 0 Å². The van der Waals surface area contributed by atoms with Crippen molar-refractivity contribution in [3.8, 4) is 5.75 Å². The molecule has 0 spiro atoms. The first kappa shape index (κ1) is 22.3. The summed E-state index contributed by atoms with van der Waals surface area (Å²) in [5.74, 6) is 2.32. The lowest BCUT2D eigenvalue weighted by Crippen LogP contribution is -2.40. The molecule has 2 aromatic rings. The van der Waals surface area contributed by atoms with Gasteiger partial charge in [-0.25, -0.2) is 0 Å². The van der Waals surface area contributed by atoms with Crippen LogP contribution in [0.2, 0.25) is 0 Å². The van der Waals surface area contributed by atoms with Crippen molar-refractivity contribution >= 4 is 5.97 Å². The van der Waals surface area contributed by atoms with Gasteiger partial charge in [-0.2, -0.15) is 0 Å². The summed E-state index contributed by atoms with van der Waals surface area (Å²) in [5.41, 5.74) is 2.93. The lowest BCUT2D eigenvalue weighted by molar-refractivity contribution is -0.145. The molecule has 33 heavy (non-hydrogen) atoms. The Hall–Kier alpha value is -2.53. The number of ether oxygens (including phenoxy) is 2. The van der Waals surface area contributed by atoms with Gasteiger partial charge in [0, 0.05) is 19.0 Å². The van der Waals surface area contributed by atoms with Gasteiger partial charge in [-0.3, -0.25) is 9.69 Å². The molecule has 2 heterocycles. The zero-order chi connectivity index (χ0) is 23.0. The Morgan fingerprint density at radius 2 is 2.00 bits per heavy atom. The van der Waals surface area contributed by atoms with Gasteiger partial charge in [0.15, 0.2) is 0 Å². The molecule has 0 N–H and O–H groups in total. The summed E-state index contributed by atoms with van der Waals surface area (Å²) >= 11 is 0. The van der Waals surface area contributed by atoms with Crippen LogP contribution in [0.5, 0.6) is 5.75 Å². The Labute approximate surface area is 196 Å². The molecule has 2 fully saturated rings. The molecule has 0 radical (unpaired) electrons. The molecule has 5 atom stereocenters. The molecule has 5 rings (SSSR count). The summed E-state index contributed by atoms with van der Waals surface area (Å²) in [5, 5.41) is 0. The van der Waals surface area contributed by atoms with Gasteiger partial charge in [0.2, 0.25) is 0 Å². The van der Waals surface area contributed by atoms with E-state index in [1.165, 1.54) is 24.8 Å². The maximum Gasteiger partial charge on any atom is 0.311 e. The minimum absolute atomic E-state index is 0.00741. The summed E-state index contributed by atoms with van der Waals surface area (Å²) in [6.45, 7) is 6.77. The summed E-state index contributed by atoms with van der Waals surface area (Å²) in [6, 6.07) is 12.0. The number of hydrogen-bond acceptors (Lipinski definition) is 5. The number of fused-ring (bicyclic) bond motifs is 2. The SMILES string of the molecule is COc1ccc(CN(Cc2ccco2)C[C@H]2C(=O)O[C@@H]3C[C@]4(C)CCC[C@@H](C)C4=C[C@H]32)cc1. The van der Waals surface area contributed by atoms with Crippen LogP contribution in [-0.4, -0.2) is 30.6 Å². The Morgan fingerprint density at radius 1 is 1.18 bits per heavy atom. The Balaban J connectivity index is 1.38. The van der Waals surface area contributed by atoms with Gasteiger partial charge in [0.25, 0.3) is 0 Å². The van der Waals surface area contributed by atoms with Crippen molar-refractivity contribution in [2.45, 2.75) is 58.7 Å². The molecule has 176 valence electrons. The van der Waals surface area contributed by atoms with Crippen LogP contribution >= 0.6 is 0 Å². The lowest BCUT2D eigenvalue weighted by Gasteiger charge is -2.46. The number of esters is 1. The number of carbonyl (C=O) groups is 1. The van der Waals surface area contributed by atoms with Crippen molar-refractivity contribution in [1.82, 2.24) is 4.90 Å². The first-order valence-electron chi connectivity index (χ1n) is 12.3. The number of hydrogen-bond donors (Lipinski definition) is 0. The van der Waals surface area contributed by atoms with E-state index in [1.807, 2.05) is 24.3 Å². The predicted molar refractivity (Wildman–Crippen MR) is 126 cm³/mol. The van der Waals surface area contributed by atoms with E-state index in [2.05, 4.69) is 37.0 Å². The summed E-state index contributed by atoms with van der Waals surface area (Å²) in [4.78, 5) is 15.4. The molecule has 1 aromatic carbocycles. The molecule has 2 aliphatic carbocycles. The average Bonchev–Trinajstić information content (AvgIpc) is 3.40. The second-order valence-corrected chi connectivity index (χ2v) is 10.4. The highest BCUT2D eigenvalue weighted by Crippen LogP contribution is 2.54. The number of nitrogens with zero attached hydrogens (tertiary/aromatic N) is 1. The van der Waals surface area contributed by atoms with Crippen molar-refractivity contribution in [2.75, 3.05) is 13.7 Å². The number of rotatable bonds is 7. The molecule has 5 nitrogen and oxygen atoms in total. The molecule has 0 unspecified atom stereocenters. The zero-order valence-electron chi connectivity index (χ0n) is 20.0. The molecule has 3 aliphatic rings. The minimum atomic E-state index is -0.144. The fourth-order valence-corrected chi connectivity index (χ4v) is 6.33. The van der Waals surface area contributed by atoms with Gasteiger partial charge in [-0.15, -0.1) is 0 Å². The summed E-state index contributed by atoms with van der Waals surface area (Å²) in [7, 11) is 1.68. The molecule has 1 saturated carbocycles. The van der Waals surface area contributed by atoms with E-state index in [0.29, 0.717) is 19.0 Å². The summed E-state index contributed by atoms with van der Waals surface area (Å²) < 4.78 is 16.9. The van der Waals surface area contributed by atoms with Gasteiger partial charge in [-0.05, 0) is 60.4 Å². The molecular weight excluding hydrogens is 414 g/mol. The van der Waals surface area contributed by atoms with Gasteiger partial charge in [-0.1, -0.05) is 44.1 Å². The van der Waals surface area contributed by atoms with Crippen LogP contribution in [0.15, 0.2) is 58.7 Å². The second-order valence-electron chi connectivity index (χ2n) is 10.4. The van der Waals surface area contributed by atoms with Gasteiger partial charge in [0.05, 0.1) is 25.8 Å². The Kier molecular flexibility index (Phi) is 6.09. The number of methoxy groups -OCH3 is 1. The van der Waals surface area contributed by atoms with Crippen LogP contribution < -0.4 is 4.74 Å². The average molecular weight is 450 g/mol. The highest BCUT2D eigenvalue weighted by molar-refractivity contribution is 5.76. The van der Waals surface area contributed by atoms with Crippen molar-refractivity contribution < 1.29 is 18.7 Å². The smallest absolute Gasteiger partial charge is 0.311 e. The van der Waals surface area contributed by atoms with Gasteiger partial charge < -0.3 is 13.9 Å². The standard InChI is InChI=1S/C28H35NO4/c1-19-6-4-12-28(2)15-26-23(14-25(19)28)24(27(30)33-26)18-29(17-22-7-5-13-32-22)16-20-8-10-21(31-3)11-9-20/h5,7-11,13-14,19,23-24,26H,4,6,12,15-18H2,1-3H3/t19-,23+,24-,26-,28+/m1/s1. The maximum absolute atomic E-state index is 13.1. The number of benzene rings is 1. The molecule has 1 saturated heterocycles. The molecular formula is C28H35NO4. The van der Waals surface area contributed by atoms with Crippen molar-refractivity contribution in [2.24, 2.45) is 23.2 Å². The normalized spacial score (nSPS) is 31.0. The van der Waals surface area contributed by atoms with Crippen LogP contribution in [0.1, 0.15) is 50.9 Å². The fourth-order valence-electron chi connectivity index (χ4n) is 6.33. The highest BCUT2D eigenvalue weighted by Gasteiger charge is 2.51. The first-order chi connectivity index (χ1) is 15.9. The molecule has 1 aliphatic heterocycles. The zero-order valence-corrected chi connectivity index (χ0v) is 20.0. The molecule has 0 bridgehead atoms. The van der Waals surface area contributed by atoms with Gasteiger partial charge >= 0.3 is 5.97 Å². The number of furan rings is 1. The molecule has 0 amide bonds. The van der Waals surface area contributed by atoms with E-state index >= 15 is 0 Å². The minimum Gasteiger partial charge on any atom is -0.497 e. The first-order valence-corrected chi connectivity index (χ1v) is 12.3. The quantitative estimate of drug-likeness (QED) is 0.407. The molecule has 1 aromatic heterocycles. The van der Waals surface area contributed by atoms with Crippen LogP contribution in [0.4, 0.5) is 0 Å². The topological polar surface area (TPSA) is 51.9 Å². The van der Waals surface area contributed by atoms with Crippen molar-refractivity contribution in [1.29, 1.82) is 0 Å². The fraction of sp³-hybridized carbons (Fsp3) is 0.536. The predicted octanol–water partition coefficient (Wildman–Crippen LogP) is 5.60. The van der Waals surface area contributed by atoms with E-state index in [1.54, 1.807) is 18.9 Å². The van der Waals surface area contributed by atoms with Crippen LogP contribution in [-0.2, 0) is 22.6 Å². The summed E-state index contributed by atoms with van der Waals surface area (Å²) in [6.07, 6.45) is 8.84. The van der Waals surface area contributed by atoms with Gasteiger partial charge in [0.1, 0.15) is 17.6 Å². The van der Waals surface area contributed by atoms with E-state index < -0.39 is 0 Å². The lowest BCUT2D eigenvalue weighted by atomic mass is 9.59. The van der Waals surface area contributed by atoms with Crippen LogP contribution in [0.3, 0.4) is 0 Å². The van der Waals surface area contributed by atoms with E-state index in [9.17, 15) is 4.79 Å². The Bertz CT molecular complexity index is 995. The van der Waals surface area contributed by atoms with Crippen LogP contribution in [0, 0.1) is 23.2 Å². The van der Waals surface area contributed by atoms with Crippen molar-refractivity contribution in [3.63, 3.8) is 0 Å². The third-order valence-corrected chi connectivity index (χ3v) is 8.06. The second kappa shape index (κ2) is 9.02. The number of carbonyl (C=O) groups excluding carboxylic acids is 1. The molecule has 5 heteroatoms. The Morgan fingerprint density at radius 3 is 2.73 bits per heavy atom. The maximum atomic E-state index is 13.1. The van der Waals surface area contributed by atoms with E-state index in [4.69, 9.17) is 13.9 Å². The van der Waals surface area contributed by atoms with E-state index in [0.717, 1.165) is 24.5 Å². The number of allylic oxidation sites excluding steroid dienone is 1. The third kappa shape index (κ3) is 4.48. The largest absolute Gasteiger partial charge is 0.497 e. The highest BCUT2D eigenvalue weighted by atomic mass is 16.6.